The minimum absolute atomic E-state index is 0.245. The standard InChI is InChI=1S/C14H23NO/c1-9-10(2)12(4)14(13(5)11(9)3)15-7-6-8-16/h15-16H,6-8H2,1-5H3. The molecule has 2 heteroatoms. The zero-order valence-corrected chi connectivity index (χ0v) is 11.1. The van der Waals surface area contributed by atoms with Crippen LogP contribution in [0.1, 0.15) is 34.2 Å². The molecule has 0 fully saturated rings. The molecule has 0 aliphatic rings. The Balaban J connectivity index is 3.08. The van der Waals surface area contributed by atoms with Crippen molar-refractivity contribution < 1.29 is 5.11 Å². The van der Waals surface area contributed by atoms with E-state index in [1.807, 2.05) is 0 Å². The van der Waals surface area contributed by atoms with Crippen molar-refractivity contribution in [3.63, 3.8) is 0 Å². The summed E-state index contributed by atoms with van der Waals surface area (Å²) in [6, 6.07) is 0. The van der Waals surface area contributed by atoms with Crippen LogP contribution in [0.5, 0.6) is 0 Å². The zero-order chi connectivity index (χ0) is 12.3. The van der Waals surface area contributed by atoms with Gasteiger partial charge in [-0.2, -0.15) is 0 Å². The summed E-state index contributed by atoms with van der Waals surface area (Å²) in [5.41, 5.74) is 8.04. The Labute approximate surface area is 98.7 Å². The van der Waals surface area contributed by atoms with Crippen LogP contribution in [0, 0.1) is 34.6 Å². The number of aliphatic hydroxyl groups is 1. The number of anilines is 1. The Morgan fingerprint density at radius 2 is 1.25 bits per heavy atom. The molecular formula is C14H23NO. The van der Waals surface area contributed by atoms with Crippen LogP contribution in [0.4, 0.5) is 5.69 Å². The fourth-order valence-electron chi connectivity index (χ4n) is 2.06. The Bertz CT molecular complexity index is 354. The van der Waals surface area contributed by atoms with Crippen molar-refractivity contribution >= 4 is 5.69 Å². The third-order valence-corrected chi connectivity index (χ3v) is 3.64. The van der Waals surface area contributed by atoms with Crippen molar-refractivity contribution in [2.24, 2.45) is 0 Å². The van der Waals surface area contributed by atoms with E-state index in [-0.39, 0.29) is 6.61 Å². The summed E-state index contributed by atoms with van der Waals surface area (Å²) in [6.07, 6.45) is 0.796. The van der Waals surface area contributed by atoms with Crippen molar-refractivity contribution in [1.82, 2.24) is 0 Å². The summed E-state index contributed by atoms with van der Waals surface area (Å²) in [5, 5.41) is 12.2. The highest BCUT2D eigenvalue weighted by molar-refractivity contribution is 5.64. The molecule has 0 saturated heterocycles. The Hall–Kier alpha value is -1.02. The van der Waals surface area contributed by atoms with Gasteiger partial charge in [0, 0.05) is 18.8 Å². The lowest BCUT2D eigenvalue weighted by molar-refractivity contribution is 0.292. The van der Waals surface area contributed by atoms with Crippen molar-refractivity contribution in [2.45, 2.75) is 41.0 Å². The minimum Gasteiger partial charge on any atom is -0.396 e. The smallest absolute Gasteiger partial charge is 0.0447 e. The molecule has 0 heterocycles. The van der Waals surface area contributed by atoms with Crippen LogP contribution in [-0.4, -0.2) is 18.3 Å². The molecule has 0 spiro atoms. The maximum Gasteiger partial charge on any atom is 0.0447 e. The average Bonchev–Trinajstić information content (AvgIpc) is 2.28. The normalized spacial score (nSPS) is 10.6. The first-order valence-corrected chi connectivity index (χ1v) is 5.92. The Kier molecular flexibility index (Phi) is 4.36. The Morgan fingerprint density at radius 3 is 1.69 bits per heavy atom. The van der Waals surface area contributed by atoms with Gasteiger partial charge in [-0.15, -0.1) is 0 Å². The molecule has 16 heavy (non-hydrogen) atoms. The molecule has 90 valence electrons. The third-order valence-electron chi connectivity index (χ3n) is 3.64. The van der Waals surface area contributed by atoms with Crippen LogP contribution in [0.25, 0.3) is 0 Å². The molecule has 0 atom stereocenters. The Morgan fingerprint density at radius 1 is 0.812 bits per heavy atom. The number of rotatable bonds is 4. The number of benzene rings is 1. The lowest BCUT2D eigenvalue weighted by Crippen LogP contribution is -2.09. The predicted molar refractivity (Wildman–Crippen MR) is 70.3 cm³/mol. The van der Waals surface area contributed by atoms with Crippen LogP contribution in [0.3, 0.4) is 0 Å². The highest BCUT2D eigenvalue weighted by atomic mass is 16.3. The second-order valence-electron chi connectivity index (χ2n) is 4.50. The number of hydrogen-bond acceptors (Lipinski definition) is 2. The van der Waals surface area contributed by atoms with E-state index >= 15 is 0 Å². The SMILES string of the molecule is Cc1c(C)c(C)c(NCCCO)c(C)c1C. The molecule has 0 amide bonds. The number of aliphatic hydroxyl groups excluding tert-OH is 1. The molecule has 0 bridgehead atoms. The van der Waals surface area contributed by atoms with Gasteiger partial charge in [0.25, 0.3) is 0 Å². The highest BCUT2D eigenvalue weighted by Gasteiger charge is 2.11. The maximum absolute atomic E-state index is 8.80. The third kappa shape index (κ3) is 2.38. The molecule has 0 aromatic heterocycles. The first kappa shape index (κ1) is 13.0. The first-order chi connectivity index (χ1) is 7.50. The molecule has 0 unspecified atom stereocenters. The van der Waals surface area contributed by atoms with Gasteiger partial charge in [0.15, 0.2) is 0 Å². The van der Waals surface area contributed by atoms with Gasteiger partial charge in [-0.1, -0.05) is 0 Å². The van der Waals surface area contributed by atoms with Gasteiger partial charge in [0.2, 0.25) is 0 Å². The first-order valence-electron chi connectivity index (χ1n) is 5.92. The lowest BCUT2D eigenvalue weighted by Gasteiger charge is -2.19. The van der Waals surface area contributed by atoms with E-state index in [0.717, 1.165) is 13.0 Å². The summed E-state index contributed by atoms with van der Waals surface area (Å²) in [7, 11) is 0. The van der Waals surface area contributed by atoms with E-state index in [0.29, 0.717) is 0 Å². The van der Waals surface area contributed by atoms with Gasteiger partial charge in [-0.05, 0) is 68.9 Å². The summed E-state index contributed by atoms with van der Waals surface area (Å²) >= 11 is 0. The van der Waals surface area contributed by atoms with Crippen LogP contribution < -0.4 is 5.32 Å². The van der Waals surface area contributed by atoms with Crippen LogP contribution in [0.15, 0.2) is 0 Å². The summed E-state index contributed by atoms with van der Waals surface area (Å²) in [5.74, 6) is 0. The summed E-state index contributed by atoms with van der Waals surface area (Å²) in [4.78, 5) is 0. The summed E-state index contributed by atoms with van der Waals surface area (Å²) in [6.45, 7) is 11.9. The van der Waals surface area contributed by atoms with Gasteiger partial charge in [0.05, 0.1) is 0 Å². The van der Waals surface area contributed by atoms with Gasteiger partial charge in [0.1, 0.15) is 0 Å². The van der Waals surface area contributed by atoms with Gasteiger partial charge in [-0.3, -0.25) is 0 Å². The topological polar surface area (TPSA) is 32.3 Å². The van der Waals surface area contributed by atoms with Crippen molar-refractivity contribution in [1.29, 1.82) is 0 Å². The fraction of sp³-hybridized carbons (Fsp3) is 0.571. The molecule has 0 aliphatic carbocycles. The van der Waals surface area contributed by atoms with E-state index < -0.39 is 0 Å². The largest absolute Gasteiger partial charge is 0.396 e. The van der Waals surface area contributed by atoms with Crippen molar-refractivity contribution in [3.8, 4) is 0 Å². The van der Waals surface area contributed by atoms with Crippen molar-refractivity contribution in [2.75, 3.05) is 18.5 Å². The summed E-state index contributed by atoms with van der Waals surface area (Å²) < 4.78 is 0. The van der Waals surface area contributed by atoms with Gasteiger partial charge >= 0.3 is 0 Å². The average molecular weight is 221 g/mol. The molecule has 2 N–H and O–H groups in total. The molecule has 1 rings (SSSR count). The van der Waals surface area contributed by atoms with Crippen LogP contribution in [0.2, 0.25) is 0 Å². The van der Waals surface area contributed by atoms with E-state index in [9.17, 15) is 0 Å². The fourth-order valence-corrected chi connectivity index (χ4v) is 2.06. The van der Waals surface area contributed by atoms with E-state index in [2.05, 4.69) is 39.9 Å². The number of nitrogens with one attached hydrogen (secondary N) is 1. The van der Waals surface area contributed by atoms with Crippen LogP contribution >= 0.6 is 0 Å². The van der Waals surface area contributed by atoms with Gasteiger partial charge in [-0.25, -0.2) is 0 Å². The zero-order valence-electron chi connectivity index (χ0n) is 11.1. The highest BCUT2D eigenvalue weighted by Crippen LogP contribution is 2.29. The van der Waals surface area contributed by atoms with Gasteiger partial charge < -0.3 is 10.4 Å². The molecule has 0 radical (unpaired) electrons. The molecule has 0 saturated carbocycles. The van der Waals surface area contributed by atoms with Crippen molar-refractivity contribution in [3.05, 3.63) is 27.8 Å². The predicted octanol–water partition coefficient (Wildman–Crippen LogP) is 3.02. The molecule has 0 aliphatic heterocycles. The van der Waals surface area contributed by atoms with E-state index in [1.54, 1.807) is 0 Å². The monoisotopic (exact) mass is 221 g/mol. The quantitative estimate of drug-likeness (QED) is 0.766. The maximum atomic E-state index is 8.80. The van der Waals surface area contributed by atoms with E-state index in [1.165, 1.54) is 33.5 Å². The second-order valence-corrected chi connectivity index (χ2v) is 4.50. The minimum atomic E-state index is 0.245. The van der Waals surface area contributed by atoms with E-state index in [4.69, 9.17) is 5.11 Å². The molecular weight excluding hydrogens is 198 g/mol. The molecule has 2 nitrogen and oxygen atoms in total. The second kappa shape index (κ2) is 5.35. The lowest BCUT2D eigenvalue weighted by atomic mass is 9.93. The van der Waals surface area contributed by atoms with Crippen LogP contribution in [-0.2, 0) is 0 Å². The molecule has 1 aromatic carbocycles. The molecule has 1 aromatic rings. The number of hydrogen-bond donors (Lipinski definition) is 2.